The van der Waals surface area contributed by atoms with E-state index >= 15 is 0 Å². The van der Waals surface area contributed by atoms with Gasteiger partial charge in [-0.05, 0) is 69.2 Å². The molecule has 3 atom stereocenters. The number of aliphatic hydroxyl groups is 1. The predicted octanol–water partition coefficient (Wildman–Crippen LogP) is 1.98. The van der Waals surface area contributed by atoms with Crippen molar-refractivity contribution in [3.63, 3.8) is 0 Å². The molecule has 3 fully saturated rings. The number of rotatable bonds is 4. The van der Waals surface area contributed by atoms with Crippen LogP contribution in [-0.2, 0) is 16.1 Å². The van der Waals surface area contributed by atoms with E-state index in [1.165, 1.54) is 6.42 Å². The van der Waals surface area contributed by atoms with Gasteiger partial charge >= 0.3 is 0 Å². The topological polar surface area (TPSA) is 99.2 Å². The average molecular weight is 456 g/mol. The normalized spacial score (nSPS) is 30.2. The van der Waals surface area contributed by atoms with E-state index in [2.05, 4.69) is 10.2 Å². The average Bonchev–Trinajstić information content (AvgIpc) is 3.10. The summed E-state index contributed by atoms with van der Waals surface area (Å²) >= 11 is 0. The molecule has 0 radical (unpaired) electrons. The zero-order chi connectivity index (χ0) is 23.2. The molecule has 3 heterocycles. The quantitative estimate of drug-likeness (QED) is 0.674. The fraction of sp³-hybridized carbons (Fsp3) is 0.640. The molecule has 1 unspecified atom stereocenters. The number of fused-ring (bicyclic) bond motifs is 1. The molecule has 4 aliphatic rings. The first-order valence-electron chi connectivity index (χ1n) is 12.2. The third-order valence-corrected chi connectivity index (χ3v) is 7.79. The molecule has 3 aliphatic heterocycles. The number of nitrogens with zero attached hydrogens (tertiary/aromatic N) is 2. The molecule has 0 aromatic heterocycles. The summed E-state index contributed by atoms with van der Waals surface area (Å²) in [5, 5.41) is 12.7. The molecular formula is C25H33N3O5. The number of piperidine rings is 2. The minimum atomic E-state index is -0.606. The van der Waals surface area contributed by atoms with E-state index in [1.54, 1.807) is 11.0 Å². The SMILES string of the molecule is CC1(O)CCN([C@@H]2CCCC[C@@H]2Oc2ccc3c(c2)CN(C2CCC(=O)NC2=O)C3=O)CC1. The number of amides is 3. The van der Waals surface area contributed by atoms with Gasteiger partial charge in [-0.2, -0.15) is 0 Å². The summed E-state index contributed by atoms with van der Waals surface area (Å²) < 4.78 is 6.49. The molecular weight excluding hydrogens is 422 g/mol. The highest BCUT2D eigenvalue weighted by atomic mass is 16.5. The smallest absolute Gasteiger partial charge is 0.255 e. The van der Waals surface area contributed by atoms with Crippen LogP contribution >= 0.6 is 0 Å². The van der Waals surface area contributed by atoms with Crippen LogP contribution in [0, 0.1) is 0 Å². The van der Waals surface area contributed by atoms with Crippen molar-refractivity contribution >= 4 is 17.7 Å². The molecule has 8 heteroatoms. The van der Waals surface area contributed by atoms with E-state index in [1.807, 2.05) is 19.1 Å². The van der Waals surface area contributed by atoms with E-state index in [4.69, 9.17) is 4.74 Å². The summed E-state index contributed by atoms with van der Waals surface area (Å²) in [4.78, 5) is 40.7. The van der Waals surface area contributed by atoms with Gasteiger partial charge in [-0.25, -0.2) is 0 Å². The third-order valence-electron chi connectivity index (χ3n) is 7.79. The van der Waals surface area contributed by atoms with E-state index in [9.17, 15) is 19.5 Å². The van der Waals surface area contributed by atoms with Crippen LogP contribution < -0.4 is 10.1 Å². The van der Waals surface area contributed by atoms with E-state index < -0.39 is 17.6 Å². The molecule has 1 aliphatic carbocycles. The van der Waals surface area contributed by atoms with Crippen molar-refractivity contribution in [1.29, 1.82) is 0 Å². The molecule has 0 bridgehead atoms. The summed E-state index contributed by atoms with van der Waals surface area (Å²) in [5.74, 6) is -0.0839. The molecule has 8 nitrogen and oxygen atoms in total. The Kier molecular flexibility index (Phi) is 5.91. The Bertz CT molecular complexity index is 951. The fourth-order valence-corrected chi connectivity index (χ4v) is 5.77. The molecule has 2 saturated heterocycles. The van der Waals surface area contributed by atoms with Crippen molar-refractivity contribution in [2.75, 3.05) is 13.1 Å². The van der Waals surface area contributed by atoms with Crippen LogP contribution in [0.2, 0.25) is 0 Å². The lowest BCUT2D eigenvalue weighted by atomic mass is 9.87. The van der Waals surface area contributed by atoms with Crippen LogP contribution in [-0.4, -0.2) is 69.5 Å². The molecule has 1 aromatic carbocycles. The molecule has 0 spiro atoms. The Hall–Kier alpha value is -2.45. The van der Waals surface area contributed by atoms with Gasteiger partial charge in [-0.3, -0.25) is 24.6 Å². The van der Waals surface area contributed by atoms with Gasteiger partial charge in [0.05, 0.1) is 5.60 Å². The lowest BCUT2D eigenvalue weighted by Crippen LogP contribution is -2.53. The van der Waals surface area contributed by atoms with Gasteiger partial charge in [0, 0.05) is 37.7 Å². The number of likely N-dealkylation sites (tertiary alicyclic amines) is 1. The molecule has 33 heavy (non-hydrogen) atoms. The highest BCUT2D eigenvalue weighted by Gasteiger charge is 2.40. The van der Waals surface area contributed by atoms with Gasteiger partial charge < -0.3 is 14.7 Å². The van der Waals surface area contributed by atoms with Crippen molar-refractivity contribution in [2.45, 2.75) is 88.6 Å². The Morgan fingerprint density at radius 2 is 1.85 bits per heavy atom. The summed E-state index contributed by atoms with van der Waals surface area (Å²) in [7, 11) is 0. The van der Waals surface area contributed by atoms with Gasteiger partial charge in [0.2, 0.25) is 11.8 Å². The largest absolute Gasteiger partial charge is 0.489 e. The highest BCUT2D eigenvalue weighted by Crippen LogP contribution is 2.34. The summed E-state index contributed by atoms with van der Waals surface area (Å²) in [6.45, 7) is 4.05. The number of hydrogen-bond donors (Lipinski definition) is 2. The summed E-state index contributed by atoms with van der Waals surface area (Å²) in [5.41, 5.74) is 0.900. The van der Waals surface area contributed by atoms with E-state index in [0.717, 1.165) is 56.5 Å². The molecule has 5 rings (SSSR count). The number of carbonyl (C=O) groups excluding carboxylic acids is 3. The first-order chi connectivity index (χ1) is 15.8. The first kappa shape index (κ1) is 22.3. The number of imide groups is 1. The second-order valence-corrected chi connectivity index (χ2v) is 10.3. The van der Waals surface area contributed by atoms with Crippen LogP contribution in [0.4, 0.5) is 0 Å². The number of hydrogen-bond acceptors (Lipinski definition) is 6. The van der Waals surface area contributed by atoms with Gasteiger partial charge in [0.15, 0.2) is 0 Å². The van der Waals surface area contributed by atoms with Crippen molar-refractivity contribution in [3.05, 3.63) is 29.3 Å². The maximum absolute atomic E-state index is 12.9. The number of nitrogens with one attached hydrogen (secondary N) is 1. The Labute approximate surface area is 194 Å². The Morgan fingerprint density at radius 3 is 2.61 bits per heavy atom. The molecule has 1 saturated carbocycles. The third kappa shape index (κ3) is 4.51. The highest BCUT2D eigenvalue weighted by molar-refractivity contribution is 6.05. The molecule has 3 amide bonds. The van der Waals surface area contributed by atoms with Crippen molar-refractivity contribution in [2.24, 2.45) is 0 Å². The lowest BCUT2D eigenvalue weighted by molar-refractivity contribution is -0.136. The van der Waals surface area contributed by atoms with Crippen LogP contribution in [0.5, 0.6) is 5.75 Å². The number of carbonyl (C=O) groups is 3. The second kappa shape index (κ2) is 8.72. The molecule has 2 N–H and O–H groups in total. The second-order valence-electron chi connectivity index (χ2n) is 10.3. The zero-order valence-corrected chi connectivity index (χ0v) is 19.2. The van der Waals surface area contributed by atoms with Crippen LogP contribution in [0.25, 0.3) is 0 Å². The Balaban J connectivity index is 1.28. The van der Waals surface area contributed by atoms with Crippen LogP contribution in [0.15, 0.2) is 18.2 Å². The van der Waals surface area contributed by atoms with E-state index in [0.29, 0.717) is 24.6 Å². The van der Waals surface area contributed by atoms with Crippen molar-refractivity contribution < 1.29 is 24.2 Å². The maximum atomic E-state index is 12.9. The van der Waals surface area contributed by atoms with Gasteiger partial charge in [0.1, 0.15) is 17.9 Å². The number of benzene rings is 1. The minimum absolute atomic E-state index is 0.0863. The van der Waals surface area contributed by atoms with Crippen molar-refractivity contribution in [3.8, 4) is 5.75 Å². The van der Waals surface area contributed by atoms with Crippen LogP contribution in [0.1, 0.15) is 74.2 Å². The lowest BCUT2D eigenvalue weighted by Gasteiger charge is -2.44. The summed E-state index contributed by atoms with van der Waals surface area (Å²) in [6, 6.07) is 5.33. The monoisotopic (exact) mass is 455 g/mol. The van der Waals surface area contributed by atoms with Gasteiger partial charge in [-0.15, -0.1) is 0 Å². The fourth-order valence-electron chi connectivity index (χ4n) is 5.77. The van der Waals surface area contributed by atoms with Crippen LogP contribution in [0.3, 0.4) is 0 Å². The minimum Gasteiger partial charge on any atom is -0.489 e. The van der Waals surface area contributed by atoms with Crippen molar-refractivity contribution in [1.82, 2.24) is 15.1 Å². The standard InChI is InChI=1S/C25H33N3O5/c1-25(32)10-12-27(13-11-25)19-4-2-3-5-21(19)33-17-6-7-18-16(14-17)15-28(24(18)31)20-8-9-22(29)26-23(20)30/h6-7,14,19-21,32H,2-5,8-13,15H2,1H3,(H,26,29,30)/t19-,20?,21+/m1/s1. The van der Waals surface area contributed by atoms with E-state index in [-0.39, 0.29) is 24.3 Å². The molecule has 1 aromatic rings. The predicted molar refractivity (Wildman–Crippen MR) is 121 cm³/mol. The maximum Gasteiger partial charge on any atom is 0.255 e. The summed E-state index contributed by atoms with van der Waals surface area (Å²) in [6.07, 6.45) is 6.69. The Morgan fingerprint density at radius 1 is 1.09 bits per heavy atom. The first-order valence-corrected chi connectivity index (χ1v) is 12.2. The zero-order valence-electron chi connectivity index (χ0n) is 19.2. The van der Waals surface area contributed by atoms with Gasteiger partial charge in [-0.1, -0.05) is 6.42 Å². The van der Waals surface area contributed by atoms with Gasteiger partial charge in [0.25, 0.3) is 5.91 Å². The molecule has 178 valence electrons. The number of ether oxygens (including phenoxy) is 1.